The third-order valence-electron chi connectivity index (χ3n) is 8.75. The standard InChI is InChI=1S/C26H30N2O6/c1-3-4-12-27-13-11-25-22-16-5-6-18(33-15(2)29)23(22)34-24(25)17(28-20(30)7-8-21(28)31)9-10-26(25,32)19(27)14-16/h5-8,17,19,24,32H,3-4,9-14H2,1-2H3/t17-,19-,24+,25+,26-/m1/s1. The number of amides is 2. The second kappa shape index (κ2) is 7.39. The Kier molecular flexibility index (Phi) is 4.74. The number of carbonyl (C=O) groups is 3. The van der Waals surface area contributed by atoms with Crippen molar-refractivity contribution in [3.8, 4) is 11.5 Å². The highest BCUT2D eigenvalue weighted by Crippen LogP contribution is 2.66. The minimum atomic E-state index is -1.06. The Bertz CT molecular complexity index is 1110. The van der Waals surface area contributed by atoms with Gasteiger partial charge in [-0.25, -0.2) is 0 Å². The van der Waals surface area contributed by atoms with Gasteiger partial charge in [-0.2, -0.15) is 0 Å². The van der Waals surface area contributed by atoms with Crippen LogP contribution in [0.3, 0.4) is 0 Å². The van der Waals surface area contributed by atoms with Gasteiger partial charge in [0, 0.05) is 30.7 Å². The first-order valence-corrected chi connectivity index (χ1v) is 12.3. The Balaban J connectivity index is 1.52. The number of likely N-dealkylation sites (tertiary alicyclic amines) is 1. The lowest BCUT2D eigenvalue weighted by molar-refractivity contribution is -0.200. The molecule has 1 saturated heterocycles. The van der Waals surface area contributed by atoms with Gasteiger partial charge >= 0.3 is 5.97 Å². The number of ether oxygens (including phenoxy) is 2. The summed E-state index contributed by atoms with van der Waals surface area (Å²) in [6.07, 6.45) is 6.43. The van der Waals surface area contributed by atoms with E-state index in [0.29, 0.717) is 37.2 Å². The van der Waals surface area contributed by atoms with Crippen molar-refractivity contribution in [2.45, 2.75) is 81.6 Å². The number of imide groups is 1. The summed E-state index contributed by atoms with van der Waals surface area (Å²) in [5.41, 5.74) is 0.155. The third kappa shape index (κ3) is 2.64. The van der Waals surface area contributed by atoms with Crippen LogP contribution in [0.2, 0.25) is 0 Å². The number of rotatable bonds is 5. The fourth-order valence-corrected chi connectivity index (χ4v) is 7.46. The van der Waals surface area contributed by atoms with Gasteiger partial charge in [0.05, 0.1) is 17.1 Å². The molecule has 0 unspecified atom stereocenters. The molecule has 5 atom stereocenters. The van der Waals surface area contributed by atoms with Gasteiger partial charge in [-0.15, -0.1) is 0 Å². The van der Waals surface area contributed by atoms with Crippen LogP contribution < -0.4 is 9.47 Å². The SMILES string of the molecule is CCCCN1CC[C@]23c4c5ccc(OC(C)=O)c4O[C@H]2[C@H](N2C(=O)C=CC2=O)CC[C@@]3(O)[C@H]1C5. The lowest BCUT2D eigenvalue weighted by Gasteiger charge is -2.64. The summed E-state index contributed by atoms with van der Waals surface area (Å²) in [4.78, 5) is 40.9. The molecule has 1 aromatic rings. The number of hydrogen-bond acceptors (Lipinski definition) is 7. The van der Waals surface area contributed by atoms with E-state index < -0.39 is 29.1 Å². The molecular weight excluding hydrogens is 436 g/mol. The highest BCUT2D eigenvalue weighted by molar-refractivity contribution is 6.13. The van der Waals surface area contributed by atoms with E-state index in [-0.39, 0.29) is 17.9 Å². The molecule has 6 rings (SSSR count). The van der Waals surface area contributed by atoms with Crippen LogP contribution in [-0.2, 0) is 26.2 Å². The van der Waals surface area contributed by atoms with Crippen molar-refractivity contribution in [3.63, 3.8) is 0 Å². The van der Waals surface area contributed by atoms with Crippen LogP contribution in [0.25, 0.3) is 0 Å². The fraction of sp³-hybridized carbons (Fsp3) is 0.577. The topological polar surface area (TPSA) is 96.4 Å². The zero-order chi connectivity index (χ0) is 23.8. The van der Waals surface area contributed by atoms with Crippen LogP contribution in [0.1, 0.15) is 57.1 Å². The van der Waals surface area contributed by atoms with Gasteiger partial charge < -0.3 is 14.6 Å². The quantitative estimate of drug-likeness (QED) is 0.402. The molecule has 1 aromatic carbocycles. The molecule has 2 fully saturated rings. The summed E-state index contributed by atoms with van der Waals surface area (Å²) in [5, 5.41) is 12.5. The molecule has 34 heavy (non-hydrogen) atoms. The summed E-state index contributed by atoms with van der Waals surface area (Å²) < 4.78 is 12.1. The fourth-order valence-electron chi connectivity index (χ4n) is 7.46. The molecule has 5 aliphatic rings. The molecule has 1 spiro atoms. The van der Waals surface area contributed by atoms with Crippen molar-refractivity contribution in [1.29, 1.82) is 0 Å². The Hall–Kier alpha value is -2.71. The summed E-state index contributed by atoms with van der Waals surface area (Å²) in [6.45, 7) is 5.25. The van der Waals surface area contributed by atoms with Gasteiger partial charge in [0.2, 0.25) is 0 Å². The summed E-state index contributed by atoms with van der Waals surface area (Å²) in [6, 6.07) is 3.18. The smallest absolute Gasteiger partial charge is 0.308 e. The normalized spacial score (nSPS) is 35.4. The molecule has 2 bridgehead atoms. The zero-order valence-electron chi connectivity index (χ0n) is 19.6. The number of unbranched alkanes of at least 4 members (excludes halogenated alkanes) is 1. The van der Waals surface area contributed by atoms with Crippen LogP contribution >= 0.6 is 0 Å². The first-order chi connectivity index (χ1) is 16.3. The van der Waals surface area contributed by atoms with E-state index in [1.54, 1.807) is 6.07 Å². The van der Waals surface area contributed by atoms with E-state index in [1.807, 2.05) is 6.07 Å². The van der Waals surface area contributed by atoms with Crippen molar-refractivity contribution < 1.29 is 29.0 Å². The molecule has 0 aromatic heterocycles. The molecule has 2 aliphatic carbocycles. The maximum absolute atomic E-state index is 12.7. The highest BCUT2D eigenvalue weighted by Gasteiger charge is 2.73. The number of esters is 1. The van der Waals surface area contributed by atoms with Gasteiger partial charge in [0.15, 0.2) is 11.5 Å². The molecular formula is C26H30N2O6. The third-order valence-corrected chi connectivity index (χ3v) is 8.75. The number of piperidine rings is 1. The summed E-state index contributed by atoms with van der Waals surface area (Å²) in [5.74, 6) is -0.319. The van der Waals surface area contributed by atoms with E-state index in [2.05, 4.69) is 11.8 Å². The molecule has 180 valence electrons. The summed E-state index contributed by atoms with van der Waals surface area (Å²) >= 11 is 0. The Morgan fingerprint density at radius 1 is 1.24 bits per heavy atom. The number of aliphatic hydroxyl groups is 1. The minimum Gasteiger partial charge on any atom is -0.483 e. The summed E-state index contributed by atoms with van der Waals surface area (Å²) in [7, 11) is 0. The largest absolute Gasteiger partial charge is 0.483 e. The molecule has 0 radical (unpaired) electrons. The van der Waals surface area contributed by atoms with Crippen LogP contribution in [0, 0.1) is 0 Å². The lowest BCUT2D eigenvalue weighted by atomic mass is 9.48. The Labute approximate surface area is 198 Å². The van der Waals surface area contributed by atoms with Crippen molar-refractivity contribution >= 4 is 17.8 Å². The minimum absolute atomic E-state index is 0.0685. The Morgan fingerprint density at radius 2 is 2.00 bits per heavy atom. The number of hydrogen-bond donors (Lipinski definition) is 1. The highest BCUT2D eigenvalue weighted by atomic mass is 16.6. The van der Waals surface area contributed by atoms with Crippen molar-refractivity contribution in [2.75, 3.05) is 13.1 Å². The van der Waals surface area contributed by atoms with Gasteiger partial charge in [-0.05, 0) is 56.8 Å². The van der Waals surface area contributed by atoms with Gasteiger partial charge in [-0.3, -0.25) is 24.2 Å². The second-order valence-electron chi connectivity index (χ2n) is 10.3. The molecule has 2 amide bonds. The zero-order valence-corrected chi connectivity index (χ0v) is 19.6. The number of nitrogens with zero attached hydrogens (tertiary/aromatic N) is 2. The molecule has 3 heterocycles. The van der Waals surface area contributed by atoms with E-state index in [1.165, 1.54) is 24.0 Å². The predicted molar refractivity (Wildman–Crippen MR) is 121 cm³/mol. The lowest BCUT2D eigenvalue weighted by Crippen LogP contribution is -2.78. The average molecular weight is 467 g/mol. The monoisotopic (exact) mass is 466 g/mol. The first-order valence-electron chi connectivity index (χ1n) is 12.3. The van der Waals surface area contributed by atoms with Crippen LogP contribution in [0.4, 0.5) is 0 Å². The maximum Gasteiger partial charge on any atom is 0.308 e. The van der Waals surface area contributed by atoms with E-state index in [4.69, 9.17) is 9.47 Å². The van der Waals surface area contributed by atoms with Crippen LogP contribution in [0.15, 0.2) is 24.3 Å². The van der Waals surface area contributed by atoms with Crippen molar-refractivity contribution in [2.24, 2.45) is 0 Å². The number of benzene rings is 1. The number of carbonyl (C=O) groups excluding carboxylic acids is 3. The Morgan fingerprint density at radius 3 is 2.71 bits per heavy atom. The molecule has 8 heteroatoms. The van der Waals surface area contributed by atoms with Crippen LogP contribution in [-0.4, -0.2) is 69.6 Å². The maximum atomic E-state index is 12.7. The average Bonchev–Trinajstić information content (AvgIpc) is 3.31. The molecule has 1 saturated carbocycles. The van der Waals surface area contributed by atoms with Gasteiger partial charge in [0.25, 0.3) is 11.8 Å². The van der Waals surface area contributed by atoms with Crippen LogP contribution in [0.5, 0.6) is 11.5 Å². The van der Waals surface area contributed by atoms with E-state index in [0.717, 1.165) is 37.1 Å². The van der Waals surface area contributed by atoms with E-state index in [9.17, 15) is 19.5 Å². The predicted octanol–water partition coefficient (Wildman–Crippen LogP) is 1.86. The molecule has 3 aliphatic heterocycles. The van der Waals surface area contributed by atoms with Crippen molar-refractivity contribution in [3.05, 3.63) is 35.4 Å². The molecule has 1 N–H and O–H groups in total. The first kappa shape index (κ1) is 21.8. The molecule has 8 nitrogen and oxygen atoms in total. The van der Waals surface area contributed by atoms with Gasteiger partial charge in [0.1, 0.15) is 6.10 Å². The second-order valence-corrected chi connectivity index (χ2v) is 10.3. The van der Waals surface area contributed by atoms with E-state index >= 15 is 0 Å². The van der Waals surface area contributed by atoms with Crippen molar-refractivity contribution in [1.82, 2.24) is 9.80 Å². The van der Waals surface area contributed by atoms with Gasteiger partial charge in [-0.1, -0.05) is 19.4 Å².